The van der Waals surface area contributed by atoms with Crippen molar-refractivity contribution in [2.24, 2.45) is 0 Å². The molecule has 0 bridgehead atoms. The SMILES string of the molecule is COc1ccc(OC)c([C@H](C)NC(=O)COC(=O)c2cc(Cl)ccc2Cl)c1. The number of ether oxygens (including phenoxy) is 3. The Balaban J connectivity index is 1.99. The lowest BCUT2D eigenvalue weighted by molar-refractivity contribution is -0.124. The van der Waals surface area contributed by atoms with Crippen molar-refractivity contribution in [3.63, 3.8) is 0 Å². The largest absolute Gasteiger partial charge is 0.497 e. The number of hydrogen-bond donors (Lipinski definition) is 1. The van der Waals surface area contributed by atoms with Gasteiger partial charge in [0.25, 0.3) is 5.91 Å². The second-order valence-electron chi connectivity index (χ2n) is 5.60. The number of benzene rings is 2. The average Bonchev–Trinajstić information content (AvgIpc) is 2.67. The van der Waals surface area contributed by atoms with Crippen LogP contribution in [-0.4, -0.2) is 32.7 Å². The Morgan fingerprint density at radius 3 is 2.48 bits per heavy atom. The molecule has 144 valence electrons. The fourth-order valence-corrected chi connectivity index (χ4v) is 2.77. The molecule has 0 aromatic heterocycles. The van der Waals surface area contributed by atoms with Crippen LogP contribution >= 0.6 is 23.2 Å². The summed E-state index contributed by atoms with van der Waals surface area (Å²) in [6, 6.07) is 9.30. The molecule has 8 heteroatoms. The lowest BCUT2D eigenvalue weighted by Crippen LogP contribution is -2.31. The molecule has 0 spiro atoms. The molecule has 0 radical (unpaired) electrons. The van der Waals surface area contributed by atoms with Gasteiger partial charge in [0.2, 0.25) is 0 Å². The number of methoxy groups -OCH3 is 2. The summed E-state index contributed by atoms with van der Waals surface area (Å²) in [7, 11) is 3.09. The molecule has 2 rings (SSSR count). The van der Waals surface area contributed by atoms with Gasteiger partial charge in [-0.05, 0) is 43.3 Å². The zero-order chi connectivity index (χ0) is 20.0. The van der Waals surface area contributed by atoms with Crippen molar-refractivity contribution in [2.75, 3.05) is 20.8 Å². The number of hydrogen-bond acceptors (Lipinski definition) is 5. The maximum absolute atomic E-state index is 12.1. The molecule has 0 fully saturated rings. The molecule has 1 N–H and O–H groups in total. The summed E-state index contributed by atoms with van der Waals surface area (Å²) in [5.41, 5.74) is 0.828. The maximum atomic E-state index is 12.1. The highest BCUT2D eigenvalue weighted by molar-refractivity contribution is 6.35. The normalized spacial score (nSPS) is 11.4. The van der Waals surface area contributed by atoms with Gasteiger partial charge in [-0.1, -0.05) is 23.2 Å². The third-order valence-electron chi connectivity index (χ3n) is 3.76. The third-order valence-corrected chi connectivity index (χ3v) is 4.33. The van der Waals surface area contributed by atoms with Gasteiger partial charge in [-0.2, -0.15) is 0 Å². The van der Waals surface area contributed by atoms with Gasteiger partial charge in [-0.3, -0.25) is 4.79 Å². The van der Waals surface area contributed by atoms with Crippen LogP contribution < -0.4 is 14.8 Å². The number of esters is 1. The molecular weight excluding hydrogens is 393 g/mol. The van der Waals surface area contributed by atoms with Gasteiger partial charge < -0.3 is 19.5 Å². The first-order chi connectivity index (χ1) is 12.8. The van der Waals surface area contributed by atoms with E-state index >= 15 is 0 Å². The van der Waals surface area contributed by atoms with Gasteiger partial charge in [0.05, 0.1) is 30.8 Å². The van der Waals surface area contributed by atoms with E-state index in [2.05, 4.69) is 5.32 Å². The monoisotopic (exact) mass is 411 g/mol. The van der Waals surface area contributed by atoms with Crippen LogP contribution in [0.2, 0.25) is 10.0 Å². The number of rotatable bonds is 7. The van der Waals surface area contributed by atoms with E-state index in [-0.39, 0.29) is 10.6 Å². The molecular formula is C19H19Cl2NO5. The van der Waals surface area contributed by atoms with E-state index in [1.54, 1.807) is 38.3 Å². The first-order valence-electron chi connectivity index (χ1n) is 7.99. The number of halogens is 2. The molecule has 6 nitrogen and oxygen atoms in total. The number of carbonyl (C=O) groups is 2. The lowest BCUT2D eigenvalue weighted by atomic mass is 10.1. The molecule has 0 aliphatic rings. The van der Waals surface area contributed by atoms with Crippen LogP contribution in [0.4, 0.5) is 0 Å². The molecule has 0 unspecified atom stereocenters. The minimum Gasteiger partial charge on any atom is -0.497 e. The van der Waals surface area contributed by atoms with Crippen molar-refractivity contribution in [2.45, 2.75) is 13.0 Å². The highest BCUT2D eigenvalue weighted by atomic mass is 35.5. The van der Waals surface area contributed by atoms with Crippen LogP contribution in [0.3, 0.4) is 0 Å². The summed E-state index contributed by atoms with van der Waals surface area (Å²) in [6.07, 6.45) is 0. The predicted molar refractivity (Wildman–Crippen MR) is 103 cm³/mol. The zero-order valence-corrected chi connectivity index (χ0v) is 16.6. The fourth-order valence-electron chi connectivity index (χ4n) is 2.40. The van der Waals surface area contributed by atoms with Crippen molar-refractivity contribution < 1.29 is 23.8 Å². The van der Waals surface area contributed by atoms with Crippen molar-refractivity contribution >= 4 is 35.1 Å². The van der Waals surface area contributed by atoms with Crippen molar-refractivity contribution in [1.29, 1.82) is 0 Å². The molecule has 2 aromatic rings. The number of amides is 1. The van der Waals surface area contributed by atoms with Gasteiger partial charge >= 0.3 is 5.97 Å². The molecule has 1 amide bonds. The predicted octanol–water partition coefficient (Wildman–Crippen LogP) is 4.04. The first-order valence-corrected chi connectivity index (χ1v) is 8.74. The van der Waals surface area contributed by atoms with Crippen LogP contribution in [0.5, 0.6) is 11.5 Å². The summed E-state index contributed by atoms with van der Waals surface area (Å²) in [5, 5.41) is 3.28. The van der Waals surface area contributed by atoms with Gasteiger partial charge in [0, 0.05) is 10.6 Å². The van der Waals surface area contributed by atoms with Gasteiger partial charge in [-0.15, -0.1) is 0 Å². The maximum Gasteiger partial charge on any atom is 0.340 e. The first kappa shape index (κ1) is 20.9. The fraction of sp³-hybridized carbons (Fsp3) is 0.263. The van der Waals surface area contributed by atoms with Crippen LogP contribution in [0.25, 0.3) is 0 Å². The molecule has 0 saturated heterocycles. The standard InChI is InChI=1S/C19H19Cl2NO5/c1-11(14-9-13(25-2)5-7-17(14)26-3)22-18(23)10-27-19(24)15-8-12(20)4-6-16(15)21/h4-9,11H,10H2,1-3H3,(H,22,23)/t11-/m0/s1. The van der Waals surface area contributed by atoms with Crippen LogP contribution in [0.15, 0.2) is 36.4 Å². The minimum atomic E-state index is -0.732. The Morgan fingerprint density at radius 2 is 1.81 bits per heavy atom. The smallest absolute Gasteiger partial charge is 0.340 e. The quantitative estimate of drug-likeness (QED) is 0.695. The molecule has 0 aliphatic heterocycles. The Kier molecular flexibility index (Phi) is 7.33. The summed E-state index contributed by atoms with van der Waals surface area (Å²) in [4.78, 5) is 24.2. The van der Waals surface area contributed by atoms with E-state index in [9.17, 15) is 9.59 Å². The van der Waals surface area contributed by atoms with Gasteiger partial charge in [-0.25, -0.2) is 4.79 Å². The minimum absolute atomic E-state index is 0.0967. The van der Waals surface area contributed by atoms with Crippen LogP contribution in [0.1, 0.15) is 28.9 Å². The Labute approximate surface area is 167 Å². The number of carbonyl (C=O) groups excluding carboxylic acids is 2. The molecule has 0 saturated carbocycles. The number of nitrogens with one attached hydrogen (secondary N) is 1. The molecule has 0 aliphatic carbocycles. The van der Waals surface area contributed by atoms with Crippen LogP contribution in [0, 0.1) is 0 Å². The summed E-state index contributed by atoms with van der Waals surface area (Å²) in [6.45, 7) is 1.32. The molecule has 2 aromatic carbocycles. The van der Waals surface area contributed by atoms with Crippen LogP contribution in [-0.2, 0) is 9.53 Å². The second kappa shape index (κ2) is 9.48. The van der Waals surface area contributed by atoms with Crippen molar-refractivity contribution in [3.05, 3.63) is 57.6 Å². The Hall–Kier alpha value is -2.44. The Bertz CT molecular complexity index is 841. The summed E-state index contributed by atoms with van der Waals surface area (Å²) < 4.78 is 15.5. The van der Waals surface area contributed by atoms with E-state index in [4.69, 9.17) is 37.4 Å². The third kappa shape index (κ3) is 5.52. The van der Waals surface area contributed by atoms with E-state index < -0.39 is 24.5 Å². The van der Waals surface area contributed by atoms with Gasteiger partial charge in [0.1, 0.15) is 11.5 Å². The zero-order valence-electron chi connectivity index (χ0n) is 15.0. The van der Waals surface area contributed by atoms with E-state index in [0.29, 0.717) is 16.5 Å². The second-order valence-corrected chi connectivity index (χ2v) is 6.44. The highest BCUT2D eigenvalue weighted by Crippen LogP contribution is 2.29. The molecule has 0 heterocycles. The highest BCUT2D eigenvalue weighted by Gasteiger charge is 2.18. The summed E-state index contributed by atoms with van der Waals surface area (Å²) in [5.74, 6) is 0.0309. The van der Waals surface area contributed by atoms with E-state index in [1.807, 2.05) is 0 Å². The van der Waals surface area contributed by atoms with Gasteiger partial charge in [0.15, 0.2) is 6.61 Å². The van der Waals surface area contributed by atoms with Crippen molar-refractivity contribution in [3.8, 4) is 11.5 Å². The topological polar surface area (TPSA) is 73.9 Å². The molecule has 1 atom stereocenters. The summed E-state index contributed by atoms with van der Waals surface area (Å²) >= 11 is 11.8. The average molecular weight is 412 g/mol. The van der Waals surface area contributed by atoms with Crippen molar-refractivity contribution in [1.82, 2.24) is 5.32 Å². The van der Waals surface area contributed by atoms with E-state index in [1.165, 1.54) is 19.2 Å². The Morgan fingerprint density at radius 1 is 1.07 bits per heavy atom. The van der Waals surface area contributed by atoms with E-state index in [0.717, 1.165) is 5.56 Å². The lowest BCUT2D eigenvalue weighted by Gasteiger charge is -2.18. The molecule has 27 heavy (non-hydrogen) atoms.